The van der Waals surface area contributed by atoms with Gasteiger partial charge < -0.3 is 10.2 Å². The molecule has 2 aromatic carbocycles. The van der Waals surface area contributed by atoms with Crippen LogP contribution in [0.25, 0.3) is 0 Å². The quantitative estimate of drug-likeness (QED) is 0.766. The number of hydrogen-bond donors (Lipinski definition) is 2. The highest BCUT2D eigenvalue weighted by atomic mass is 32.2. The van der Waals surface area contributed by atoms with Crippen LogP contribution in [0.5, 0.6) is 0 Å². The van der Waals surface area contributed by atoms with E-state index >= 15 is 0 Å². The molecule has 1 aliphatic heterocycles. The average Bonchev–Trinajstić information content (AvgIpc) is 3.41. The number of hydrogen-bond acceptors (Lipinski definition) is 4. The lowest BCUT2D eigenvalue weighted by Crippen LogP contribution is -2.44. The Morgan fingerprint density at radius 3 is 2.63 bits per heavy atom. The smallest absolute Gasteiger partial charge is 0.261 e. The van der Waals surface area contributed by atoms with Crippen molar-refractivity contribution < 1.29 is 18.0 Å². The minimum Gasteiger partial charge on any atom is -0.357 e. The zero-order valence-electron chi connectivity index (χ0n) is 16.8. The Kier molecular flexibility index (Phi) is 5.51. The third kappa shape index (κ3) is 3.92. The van der Waals surface area contributed by atoms with Gasteiger partial charge in [0.25, 0.3) is 15.9 Å². The number of rotatable bonds is 5. The number of carbonyl (C=O) groups is 2. The topological polar surface area (TPSA) is 95.6 Å². The molecule has 1 heterocycles. The molecule has 1 aliphatic carbocycles. The highest BCUT2D eigenvalue weighted by Crippen LogP contribution is 2.26. The molecule has 8 heteroatoms. The Morgan fingerprint density at radius 1 is 1.03 bits per heavy atom. The Labute approximate surface area is 176 Å². The molecule has 0 bridgehead atoms. The Bertz CT molecular complexity index is 1100. The molecule has 7 nitrogen and oxygen atoms in total. The van der Waals surface area contributed by atoms with E-state index in [1.54, 1.807) is 42.3 Å². The zero-order chi connectivity index (χ0) is 21.3. The van der Waals surface area contributed by atoms with Crippen molar-refractivity contribution in [3.8, 4) is 0 Å². The Hall–Kier alpha value is -2.87. The van der Waals surface area contributed by atoms with E-state index in [1.807, 2.05) is 6.07 Å². The van der Waals surface area contributed by atoms with Crippen molar-refractivity contribution in [2.75, 3.05) is 18.3 Å². The van der Waals surface area contributed by atoms with E-state index in [4.69, 9.17) is 0 Å². The molecular formula is C22H25N3O4S. The predicted molar refractivity (Wildman–Crippen MR) is 114 cm³/mol. The second-order valence-electron chi connectivity index (χ2n) is 7.74. The van der Waals surface area contributed by atoms with Crippen molar-refractivity contribution in [1.82, 2.24) is 10.2 Å². The van der Waals surface area contributed by atoms with Gasteiger partial charge in [-0.25, -0.2) is 8.42 Å². The summed E-state index contributed by atoms with van der Waals surface area (Å²) in [4.78, 5) is 26.8. The van der Waals surface area contributed by atoms with Gasteiger partial charge in [0.15, 0.2) is 0 Å². The summed E-state index contributed by atoms with van der Waals surface area (Å²) in [5, 5.41) is 2.60. The number of benzene rings is 2. The van der Waals surface area contributed by atoms with Crippen LogP contribution < -0.4 is 10.0 Å². The molecule has 0 spiro atoms. The molecule has 1 atom stereocenters. The molecule has 0 aromatic heterocycles. The van der Waals surface area contributed by atoms with Crippen molar-refractivity contribution in [2.24, 2.45) is 0 Å². The van der Waals surface area contributed by atoms with Gasteiger partial charge in [-0.1, -0.05) is 12.1 Å². The first-order valence-electron chi connectivity index (χ1n) is 10.2. The monoisotopic (exact) mass is 427 g/mol. The van der Waals surface area contributed by atoms with E-state index in [0.717, 1.165) is 31.2 Å². The van der Waals surface area contributed by atoms with Gasteiger partial charge in [-0.15, -0.1) is 0 Å². The largest absolute Gasteiger partial charge is 0.357 e. The molecule has 0 radical (unpaired) electrons. The summed E-state index contributed by atoms with van der Waals surface area (Å²) >= 11 is 0. The molecule has 2 aromatic rings. The summed E-state index contributed by atoms with van der Waals surface area (Å²) in [6, 6.07) is 11.2. The van der Waals surface area contributed by atoms with Crippen LogP contribution >= 0.6 is 0 Å². The van der Waals surface area contributed by atoms with Crippen LogP contribution in [-0.2, 0) is 27.7 Å². The first-order valence-corrected chi connectivity index (χ1v) is 11.6. The number of anilines is 1. The Balaban J connectivity index is 1.55. The fourth-order valence-electron chi connectivity index (χ4n) is 4.26. The van der Waals surface area contributed by atoms with Crippen molar-refractivity contribution in [3.05, 3.63) is 59.2 Å². The second-order valence-corrected chi connectivity index (χ2v) is 9.42. The van der Waals surface area contributed by atoms with Crippen LogP contribution in [0.2, 0.25) is 0 Å². The van der Waals surface area contributed by atoms with E-state index in [-0.39, 0.29) is 16.7 Å². The molecule has 4 rings (SSSR count). The third-order valence-corrected chi connectivity index (χ3v) is 7.18. The van der Waals surface area contributed by atoms with Gasteiger partial charge in [-0.3, -0.25) is 14.3 Å². The molecule has 158 valence electrons. The molecule has 1 fully saturated rings. The number of aryl methyl sites for hydroxylation is 2. The predicted octanol–water partition coefficient (Wildman–Crippen LogP) is 2.33. The average molecular weight is 428 g/mol. The standard InChI is InChI=1S/C22H25N3O4S/c1-23-21(26)20-9-4-12-25(20)22(27)17-7-3-8-18(13-17)24-30(28,29)19-11-10-15-5-2-6-16(15)14-19/h3,7-8,10-11,13-14,20,24H,2,4-6,9,12H2,1H3,(H,23,26). The summed E-state index contributed by atoms with van der Waals surface area (Å²) in [6.45, 7) is 0.502. The first-order chi connectivity index (χ1) is 14.4. The molecule has 0 saturated carbocycles. The van der Waals surface area contributed by atoms with Gasteiger partial charge in [-0.05, 0) is 73.6 Å². The number of sulfonamides is 1. The van der Waals surface area contributed by atoms with Crippen molar-refractivity contribution in [2.45, 2.75) is 43.0 Å². The van der Waals surface area contributed by atoms with Crippen molar-refractivity contribution >= 4 is 27.5 Å². The maximum atomic E-state index is 13.0. The number of carbonyl (C=O) groups excluding carboxylic acids is 2. The maximum Gasteiger partial charge on any atom is 0.261 e. The summed E-state index contributed by atoms with van der Waals surface area (Å²) < 4.78 is 28.3. The second kappa shape index (κ2) is 8.10. The fraction of sp³-hybridized carbons (Fsp3) is 0.364. The van der Waals surface area contributed by atoms with Crippen LogP contribution in [0.15, 0.2) is 47.4 Å². The normalized spacial score (nSPS) is 18.2. The van der Waals surface area contributed by atoms with E-state index in [1.165, 1.54) is 11.6 Å². The van der Waals surface area contributed by atoms with Gasteiger partial charge in [0.05, 0.1) is 4.90 Å². The van der Waals surface area contributed by atoms with E-state index in [0.29, 0.717) is 24.2 Å². The lowest BCUT2D eigenvalue weighted by atomic mass is 10.1. The lowest BCUT2D eigenvalue weighted by Gasteiger charge is -2.23. The minimum absolute atomic E-state index is 0.186. The first kappa shape index (κ1) is 20.4. The number of nitrogens with one attached hydrogen (secondary N) is 2. The number of fused-ring (bicyclic) bond motifs is 1. The molecule has 1 unspecified atom stereocenters. The minimum atomic E-state index is -3.76. The molecule has 2 amide bonds. The number of nitrogens with zero attached hydrogens (tertiary/aromatic N) is 1. The van der Waals surface area contributed by atoms with Gasteiger partial charge in [0.2, 0.25) is 5.91 Å². The summed E-state index contributed by atoms with van der Waals surface area (Å²) in [7, 11) is -2.21. The van der Waals surface area contributed by atoms with Crippen LogP contribution in [-0.4, -0.2) is 44.8 Å². The van der Waals surface area contributed by atoms with Crippen molar-refractivity contribution in [3.63, 3.8) is 0 Å². The van der Waals surface area contributed by atoms with Crippen LogP contribution in [0.1, 0.15) is 40.7 Å². The molecule has 2 aliphatic rings. The number of amides is 2. The molecule has 2 N–H and O–H groups in total. The lowest BCUT2D eigenvalue weighted by molar-refractivity contribution is -0.124. The summed E-state index contributed by atoms with van der Waals surface area (Å²) in [6.07, 6.45) is 4.31. The summed E-state index contributed by atoms with van der Waals surface area (Å²) in [5.74, 6) is -0.464. The van der Waals surface area contributed by atoms with E-state index in [2.05, 4.69) is 10.0 Å². The van der Waals surface area contributed by atoms with Gasteiger partial charge >= 0.3 is 0 Å². The van der Waals surface area contributed by atoms with E-state index in [9.17, 15) is 18.0 Å². The van der Waals surface area contributed by atoms with Crippen molar-refractivity contribution in [1.29, 1.82) is 0 Å². The zero-order valence-corrected chi connectivity index (χ0v) is 17.7. The molecule has 30 heavy (non-hydrogen) atoms. The maximum absolute atomic E-state index is 13.0. The fourth-order valence-corrected chi connectivity index (χ4v) is 5.36. The number of likely N-dealkylation sites (tertiary alicyclic amines) is 1. The van der Waals surface area contributed by atoms with Crippen LogP contribution in [0, 0.1) is 0 Å². The molecular weight excluding hydrogens is 402 g/mol. The number of likely N-dealkylation sites (N-methyl/N-ethyl adjacent to an activating group) is 1. The Morgan fingerprint density at radius 2 is 1.83 bits per heavy atom. The van der Waals surface area contributed by atoms with Gasteiger partial charge in [0.1, 0.15) is 6.04 Å². The highest BCUT2D eigenvalue weighted by Gasteiger charge is 2.34. The van der Waals surface area contributed by atoms with Crippen LogP contribution in [0.3, 0.4) is 0 Å². The third-order valence-electron chi connectivity index (χ3n) is 5.80. The summed E-state index contributed by atoms with van der Waals surface area (Å²) in [5.41, 5.74) is 2.95. The SMILES string of the molecule is CNC(=O)C1CCCN1C(=O)c1cccc(NS(=O)(=O)c2ccc3c(c2)CCC3)c1. The molecule has 1 saturated heterocycles. The van der Waals surface area contributed by atoms with E-state index < -0.39 is 16.1 Å². The highest BCUT2D eigenvalue weighted by molar-refractivity contribution is 7.92. The van der Waals surface area contributed by atoms with Gasteiger partial charge in [-0.2, -0.15) is 0 Å². The van der Waals surface area contributed by atoms with Gasteiger partial charge in [0, 0.05) is 24.8 Å². The van der Waals surface area contributed by atoms with Crippen LogP contribution in [0.4, 0.5) is 5.69 Å².